The molecule has 3 rings (SSSR count). The Bertz CT molecular complexity index is 579. The second kappa shape index (κ2) is 7.58. The second-order valence-electron chi connectivity index (χ2n) is 5.02. The number of thiazole rings is 1. The zero-order valence-corrected chi connectivity index (χ0v) is 13.5. The topological polar surface area (TPSA) is 43.8 Å². The van der Waals surface area contributed by atoms with Crippen molar-refractivity contribution in [1.29, 1.82) is 0 Å². The van der Waals surface area contributed by atoms with Crippen LogP contribution in [0.15, 0.2) is 30.5 Å². The SMILES string of the molecule is COc1ccc(-c2cnc(OCCN3CCOCC3)s2)cc1. The van der Waals surface area contributed by atoms with Crippen LogP contribution in [0.3, 0.4) is 0 Å². The van der Waals surface area contributed by atoms with E-state index in [2.05, 4.69) is 9.88 Å². The molecule has 0 spiro atoms. The molecular formula is C16H20N2O3S. The molecular weight excluding hydrogens is 300 g/mol. The van der Waals surface area contributed by atoms with Crippen LogP contribution in [0, 0.1) is 0 Å². The van der Waals surface area contributed by atoms with Crippen molar-refractivity contribution in [2.45, 2.75) is 0 Å². The largest absolute Gasteiger partial charge is 0.497 e. The van der Waals surface area contributed by atoms with E-state index in [0.717, 1.165) is 54.2 Å². The molecule has 0 amide bonds. The number of hydrogen-bond acceptors (Lipinski definition) is 6. The van der Waals surface area contributed by atoms with Gasteiger partial charge in [-0.25, -0.2) is 4.98 Å². The summed E-state index contributed by atoms with van der Waals surface area (Å²) in [6.45, 7) is 5.19. The van der Waals surface area contributed by atoms with Crippen LogP contribution in [0.4, 0.5) is 0 Å². The summed E-state index contributed by atoms with van der Waals surface area (Å²) < 4.78 is 16.3. The molecule has 0 bridgehead atoms. The Morgan fingerprint density at radius 3 is 2.73 bits per heavy atom. The van der Waals surface area contributed by atoms with Crippen molar-refractivity contribution < 1.29 is 14.2 Å². The maximum atomic E-state index is 5.76. The van der Waals surface area contributed by atoms with Crippen LogP contribution in [0.5, 0.6) is 10.9 Å². The van der Waals surface area contributed by atoms with Gasteiger partial charge in [-0.3, -0.25) is 4.90 Å². The van der Waals surface area contributed by atoms with Crippen molar-refractivity contribution in [1.82, 2.24) is 9.88 Å². The van der Waals surface area contributed by atoms with Crippen LogP contribution in [0.2, 0.25) is 0 Å². The molecule has 0 aliphatic carbocycles. The summed E-state index contributed by atoms with van der Waals surface area (Å²) >= 11 is 1.57. The lowest BCUT2D eigenvalue weighted by atomic mass is 10.2. The zero-order chi connectivity index (χ0) is 15.2. The number of rotatable bonds is 6. The molecule has 0 unspecified atom stereocenters. The molecule has 1 saturated heterocycles. The smallest absolute Gasteiger partial charge is 0.273 e. The van der Waals surface area contributed by atoms with E-state index >= 15 is 0 Å². The lowest BCUT2D eigenvalue weighted by molar-refractivity contribution is 0.0322. The Morgan fingerprint density at radius 2 is 2.00 bits per heavy atom. The minimum atomic E-state index is 0.662. The Kier molecular flexibility index (Phi) is 5.26. The highest BCUT2D eigenvalue weighted by molar-refractivity contribution is 7.16. The molecule has 5 nitrogen and oxygen atoms in total. The van der Waals surface area contributed by atoms with Gasteiger partial charge in [-0.05, 0) is 29.8 Å². The van der Waals surface area contributed by atoms with Gasteiger partial charge in [0.2, 0.25) is 0 Å². The van der Waals surface area contributed by atoms with Gasteiger partial charge >= 0.3 is 0 Å². The number of nitrogens with zero attached hydrogens (tertiary/aromatic N) is 2. The number of hydrogen-bond donors (Lipinski definition) is 0. The monoisotopic (exact) mass is 320 g/mol. The van der Waals surface area contributed by atoms with Crippen LogP contribution < -0.4 is 9.47 Å². The third-order valence-electron chi connectivity index (χ3n) is 3.60. The fourth-order valence-corrected chi connectivity index (χ4v) is 3.10. The highest BCUT2D eigenvalue weighted by atomic mass is 32.1. The van der Waals surface area contributed by atoms with Crippen LogP contribution in [0.1, 0.15) is 0 Å². The Morgan fingerprint density at radius 1 is 1.23 bits per heavy atom. The molecule has 1 aliphatic rings. The van der Waals surface area contributed by atoms with Gasteiger partial charge in [0.1, 0.15) is 12.4 Å². The molecule has 0 N–H and O–H groups in total. The molecule has 0 saturated carbocycles. The Hall–Kier alpha value is -1.63. The summed E-state index contributed by atoms with van der Waals surface area (Å²) in [5, 5.41) is 0.721. The molecule has 1 aliphatic heterocycles. The first kappa shape index (κ1) is 15.3. The first-order valence-electron chi connectivity index (χ1n) is 7.38. The number of benzene rings is 1. The maximum Gasteiger partial charge on any atom is 0.273 e. The average Bonchev–Trinajstić information content (AvgIpc) is 3.05. The van der Waals surface area contributed by atoms with E-state index in [1.54, 1.807) is 18.4 Å². The summed E-state index contributed by atoms with van der Waals surface area (Å²) in [5.74, 6) is 0.857. The van der Waals surface area contributed by atoms with E-state index in [9.17, 15) is 0 Å². The molecule has 1 aromatic carbocycles. The Balaban J connectivity index is 1.51. The van der Waals surface area contributed by atoms with E-state index in [1.807, 2.05) is 30.5 Å². The minimum Gasteiger partial charge on any atom is -0.497 e. The van der Waals surface area contributed by atoms with Crippen molar-refractivity contribution in [3.63, 3.8) is 0 Å². The van der Waals surface area contributed by atoms with E-state index in [-0.39, 0.29) is 0 Å². The van der Waals surface area contributed by atoms with Crippen molar-refractivity contribution in [3.05, 3.63) is 30.5 Å². The van der Waals surface area contributed by atoms with Gasteiger partial charge in [0.15, 0.2) is 0 Å². The quantitative estimate of drug-likeness (QED) is 0.818. The van der Waals surface area contributed by atoms with Crippen LogP contribution in [-0.2, 0) is 4.74 Å². The zero-order valence-electron chi connectivity index (χ0n) is 12.7. The van der Waals surface area contributed by atoms with E-state index in [4.69, 9.17) is 14.2 Å². The van der Waals surface area contributed by atoms with Crippen molar-refractivity contribution in [3.8, 4) is 21.4 Å². The second-order valence-corrected chi connectivity index (χ2v) is 6.01. The van der Waals surface area contributed by atoms with E-state index in [0.29, 0.717) is 6.61 Å². The normalized spacial score (nSPS) is 15.7. The van der Waals surface area contributed by atoms with Crippen LogP contribution >= 0.6 is 11.3 Å². The van der Waals surface area contributed by atoms with Gasteiger partial charge in [-0.1, -0.05) is 11.3 Å². The first-order valence-corrected chi connectivity index (χ1v) is 8.20. The molecule has 22 heavy (non-hydrogen) atoms. The molecule has 1 aromatic heterocycles. The minimum absolute atomic E-state index is 0.662. The highest BCUT2D eigenvalue weighted by Gasteiger charge is 2.11. The van der Waals surface area contributed by atoms with Crippen molar-refractivity contribution >= 4 is 11.3 Å². The number of morpholine rings is 1. The van der Waals surface area contributed by atoms with Gasteiger partial charge in [0.25, 0.3) is 5.19 Å². The fraction of sp³-hybridized carbons (Fsp3) is 0.438. The molecule has 118 valence electrons. The molecule has 0 radical (unpaired) electrons. The summed E-state index contributed by atoms with van der Waals surface area (Å²) in [7, 11) is 1.67. The van der Waals surface area contributed by atoms with Gasteiger partial charge < -0.3 is 14.2 Å². The van der Waals surface area contributed by atoms with Gasteiger partial charge in [0.05, 0.1) is 25.2 Å². The summed E-state index contributed by atoms with van der Waals surface area (Å²) in [5.41, 5.74) is 1.13. The van der Waals surface area contributed by atoms with Gasteiger partial charge in [-0.15, -0.1) is 0 Å². The number of ether oxygens (including phenoxy) is 3. The molecule has 1 fully saturated rings. The predicted octanol–water partition coefficient (Wildman–Crippen LogP) is 2.53. The van der Waals surface area contributed by atoms with Crippen LogP contribution in [0.25, 0.3) is 10.4 Å². The van der Waals surface area contributed by atoms with Crippen LogP contribution in [-0.4, -0.2) is 56.4 Å². The van der Waals surface area contributed by atoms with Gasteiger partial charge in [-0.2, -0.15) is 0 Å². The standard InChI is InChI=1S/C16H20N2O3S/c1-19-14-4-2-13(3-5-14)15-12-17-16(22-15)21-11-8-18-6-9-20-10-7-18/h2-5,12H,6-11H2,1H3. The average molecular weight is 320 g/mol. The fourth-order valence-electron chi connectivity index (χ4n) is 2.30. The van der Waals surface area contributed by atoms with Crippen molar-refractivity contribution in [2.24, 2.45) is 0 Å². The lowest BCUT2D eigenvalue weighted by Crippen LogP contribution is -2.38. The van der Waals surface area contributed by atoms with E-state index in [1.165, 1.54) is 0 Å². The molecule has 6 heteroatoms. The first-order chi connectivity index (χ1) is 10.8. The summed E-state index contributed by atoms with van der Waals surface area (Å²) in [6.07, 6.45) is 1.86. The molecule has 2 heterocycles. The molecule has 0 atom stereocenters. The third kappa shape index (κ3) is 3.97. The maximum absolute atomic E-state index is 5.76. The highest BCUT2D eigenvalue weighted by Crippen LogP contribution is 2.31. The Labute approximate surface area is 134 Å². The van der Waals surface area contributed by atoms with Gasteiger partial charge in [0, 0.05) is 25.8 Å². The molecule has 2 aromatic rings. The summed E-state index contributed by atoms with van der Waals surface area (Å²) in [4.78, 5) is 7.79. The number of methoxy groups -OCH3 is 1. The lowest BCUT2D eigenvalue weighted by Gasteiger charge is -2.26. The predicted molar refractivity (Wildman–Crippen MR) is 86.9 cm³/mol. The van der Waals surface area contributed by atoms with E-state index < -0.39 is 0 Å². The number of aromatic nitrogens is 1. The summed E-state index contributed by atoms with van der Waals surface area (Å²) in [6, 6.07) is 7.97. The van der Waals surface area contributed by atoms with Crippen molar-refractivity contribution in [2.75, 3.05) is 46.6 Å². The third-order valence-corrected chi connectivity index (χ3v) is 4.55.